The smallest absolute Gasteiger partial charge is 0.242 e. The highest BCUT2D eigenvalue weighted by Gasteiger charge is 2.28. The number of hydrogen-bond acceptors (Lipinski definition) is 3. The number of hydrogen-bond donors (Lipinski definition) is 1. The highest BCUT2D eigenvalue weighted by Crippen LogP contribution is 2.19. The summed E-state index contributed by atoms with van der Waals surface area (Å²) in [7, 11) is 1.62. The molecule has 0 fully saturated rings. The van der Waals surface area contributed by atoms with Crippen molar-refractivity contribution in [3.63, 3.8) is 0 Å². The number of nitrogens with zero attached hydrogens (tertiary/aromatic N) is 1. The number of rotatable bonds is 11. The minimum absolute atomic E-state index is 0.0472. The number of unbranched alkanes of at least 4 members (excludes halogenated alkanes) is 1. The van der Waals surface area contributed by atoms with Gasteiger partial charge in [-0.1, -0.05) is 56.2 Å². The Hall–Kier alpha value is -2.82. The zero-order valence-electron chi connectivity index (χ0n) is 19.5. The van der Waals surface area contributed by atoms with Crippen molar-refractivity contribution in [2.24, 2.45) is 0 Å². The van der Waals surface area contributed by atoms with Gasteiger partial charge in [0.2, 0.25) is 11.8 Å². The topological polar surface area (TPSA) is 58.6 Å². The number of ether oxygens (including phenoxy) is 1. The van der Waals surface area contributed by atoms with E-state index >= 15 is 0 Å². The van der Waals surface area contributed by atoms with Gasteiger partial charge in [-0.15, -0.1) is 0 Å². The SMILES string of the molecule is CCCCNC(=O)C(CC)N(Cc1cccc(OC)c1)C(=O)Cc1cc(C)ccc1C. The molecular weight excluding hydrogens is 388 g/mol. The summed E-state index contributed by atoms with van der Waals surface area (Å²) < 4.78 is 5.34. The monoisotopic (exact) mass is 424 g/mol. The first kappa shape index (κ1) is 24.4. The van der Waals surface area contributed by atoms with Crippen LogP contribution in [0.5, 0.6) is 5.75 Å². The Labute approximate surface area is 186 Å². The molecule has 5 heteroatoms. The molecular formula is C26H36N2O3. The van der Waals surface area contributed by atoms with Crippen molar-refractivity contribution in [2.45, 2.75) is 66.0 Å². The summed E-state index contributed by atoms with van der Waals surface area (Å²) in [5.74, 6) is 0.599. The van der Waals surface area contributed by atoms with Crippen molar-refractivity contribution in [1.82, 2.24) is 10.2 Å². The Kier molecular flexibility index (Phi) is 9.57. The lowest BCUT2D eigenvalue weighted by molar-refractivity contribution is -0.140. The van der Waals surface area contributed by atoms with Crippen LogP contribution < -0.4 is 10.1 Å². The molecule has 0 aliphatic heterocycles. The molecule has 5 nitrogen and oxygen atoms in total. The van der Waals surface area contributed by atoms with Gasteiger partial charge >= 0.3 is 0 Å². The molecule has 0 bridgehead atoms. The van der Waals surface area contributed by atoms with E-state index in [0.29, 0.717) is 19.5 Å². The van der Waals surface area contributed by atoms with Gasteiger partial charge in [-0.3, -0.25) is 9.59 Å². The number of carbonyl (C=O) groups excluding carboxylic acids is 2. The van der Waals surface area contributed by atoms with Crippen LogP contribution in [0.2, 0.25) is 0 Å². The van der Waals surface area contributed by atoms with Crippen LogP contribution in [0.4, 0.5) is 0 Å². The van der Waals surface area contributed by atoms with Gasteiger partial charge in [0.1, 0.15) is 11.8 Å². The molecule has 1 atom stereocenters. The summed E-state index contributed by atoms with van der Waals surface area (Å²) in [4.78, 5) is 28.2. The van der Waals surface area contributed by atoms with Gasteiger partial charge in [0.05, 0.1) is 13.5 Å². The molecule has 0 spiro atoms. The van der Waals surface area contributed by atoms with Gasteiger partial charge < -0.3 is 15.0 Å². The van der Waals surface area contributed by atoms with Crippen molar-refractivity contribution < 1.29 is 14.3 Å². The van der Waals surface area contributed by atoms with E-state index in [2.05, 4.69) is 18.3 Å². The lowest BCUT2D eigenvalue weighted by Crippen LogP contribution is -2.49. The predicted octanol–water partition coefficient (Wildman–Crippen LogP) is 4.58. The Bertz CT molecular complexity index is 879. The van der Waals surface area contributed by atoms with Gasteiger partial charge in [0.25, 0.3) is 0 Å². The van der Waals surface area contributed by atoms with Gasteiger partial charge in [0.15, 0.2) is 0 Å². The number of carbonyl (C=O) groups is 2. The summed E-state index contributed by atoms with van der Waals surface area (Å²) in [5.41, 5.74) is 4.15. The van der Waals surface area contributed by atoms with Crippen molar-refractivity contribution in [3.05, 3.63) is 64.7 Å². The molecule has 2 aromatic rings. The van der Waals surface area contributed by atoms with E-state index in [1.807, 2.05) is 57.2 Å². The fourth-order valence-corrected chi connectivity index (χ4v) is 3.65. The Balaban J connectivity index is 2.31. The minimum atomic E-state index is -0.513. The van der Waals surface area contributed by atoms with Crippen molar-refractivity contribution in [3.8, 4) is 5.75 Å². The quantitative estimate of drug-likeness (QED) is 0.537. The fourth-order valence-electron chi connectivity index (χ4n) is 3.65. The van der Waals surface area contributed by atoms with Crippen molar-refractivity contribution in [1.29, 1.82) is 0 Å². The first-order valence-electron chi connectivity index (χ1n) is 11.2. The van der Waals surface area contributed by atoms with Crippen LogP contribution in [0.25, 0.3) is 0 Å². The van der Waals surface area contributed by atoms with Crippen LogP contribution >= 0.6 is 0 Å². The number of nitrogens with one attached hydrogen (secondary N) is 1. The van der Waals surface area contributed by atoms with Gasteiger partial charge in [-0.2, -0.15) is 0 Å². The van der Waals surface area contributed by atoms with E-state index in [9.17, 15) is 9.59 Å². The Morgan fingerprint density at radius 2 is 1.87 bits per heavy atom. The number of aryl methyl sites for hydroxylation is 2. The fraction of sp³-hybridized carbons (Fsp3) is 0.462. The van der Waals surface area contributed by atoms with E-state index in [-0.39, 0.29) is 18.2 Å². The van der Waals surface area contributed by atoms with Crippen LogP contribution in [-0.4, -0.2) is 36.4 Å². The van der Waals surface area contributed by atoms with Crippen molar-refractivity contribution in [2.75, 3.05) is 13.7 Å². The molecule has 0 aliphatic carbocycles. The first-order valence-corrected chi connectivity index (χ1v) is 11.2. The van der Waals surface area contributed by atoms with Crippen LogP contribution in [0, 0.1) is 13.8 Å². The average Bonchev–Trinajstić information content (AvgIpc) is 2.76. The van der Waals surface area contributed by atoms with Crippen LogP contribution in [0.1, 0.15) is 55.4 Å². The van der Waals surface area contributed by atoms with Gasteiger partial charge in [-0.05, 0) is 55.5 Å². The molecule has 1 unspecified atom stereocenters. The number of benzene rings is 2. The Morgan fingerprint density at radius 1 is 1.10 bits per heavy atom. The van der Waals surface area contributed by atoms with Crippen LogP contribution in [0.3, 0.4) is 0 Å². The second-order valence-electron chi connectivity index (χ2n) is 8.05. The molecule has 0 radical (unpaired) electrons. The molecule has 2 aromatic carbocycles. The summed E-state index contributed by atoms with van der Waals surface area (Å²) >= 11 is 0. The van der Waals surface area contributed by atoms with Crippen LogP contribution in [-0.2, 0) is 22.6 Å². The van der Waals surface area contributed by atoms with Crippen molar-refractivity contribution >= 4 is 11.8 Å². The van der Waals surface area contributed by atoms with E-state index in [1.165, 1.54) is 0 Å². The van der Waals surface area contributed by atoms with Crippen LogP contribution in [0.15, 0.2) is 42.5 Å². The molecule has 0 heterocycles. The van der Waals surface area contributed by atoms with E-state index in [0.717, 1.165) is 40.8 Å². The second kappa shape index (κ2) is 12.1. The molecule has 1 N–H and O–H groups in total. The summed E-state index contributed by atoms with van der Waals surface area (Å²) in [6.45, 7) is 9.07. The molecule has 0 saturated heterocycles. The molecule has 0 aromatic heterocycles. The van der Waals surface area contributed by atoms with E-state index in [1.54, 1.807) is 12.0 Å². The second-order valence-corrected chi connectivity index (χ2v) is 8.05. The van der Waals surface area contributed by atoms with E-state index in [4.69, 9.17) is 4.74 Å². The molecule has 168 valence electrons. The third-order valence-electron chi connectivity index (χ3n) is 5.55. The largest absolute Gasteiger partial charge is 0.497 e. The Morgan fingerprint density at radius 3 is 2.55 bits per heavy atom. The molecule has 2 amide bonds. The predicted molar refractivity (Wildman–Crippen MR) is 125 cm³/mol. The third kappa shape index (κ3) is 7.12. The summed E-state index contributed by atoms with van der Waals surface area (Å²) in [5, 5.41) is 3.01. The zero-order valence-corrected chi connectivity index (χ0v) is 19.5. The molecule has 0 aliphatic rings. The third-order valence-corrected chi connectivity index (χ3v) is 5.55. The maximum atomic E-state index is 13.5. The highest BCUT2D eigenvalue weighted by molar-refractivity contribution is 5.88. The maximum Gasteiger partial charge on any atom is 0.242 e. The normalized spacial score (nSPS) is 11.6. The lowest BCUT2D eigenvalue weighted by Gasteiger charge is -2.31. The molecule has 31 heavy (non-hydrogen) atoms. The maximum absolute atomic E-state index is 13.5. The van der Waals surface area contributed by atoms with E-state index < -0.39 is 6.04 Å². The highest BCUT2D eigenvalue weighted by atomic mass is 16.5. The summed E-state index contributed by atoms with van der Waals surface area (Å²) in [6.07, 6.45) is 2.77. The molecule has 2 rings (SSSR count). The van der Waals surface area contributed by atoms with Gasteiger partial charge in [0, 0.05) is 13.1 Å². The standard InChI is InChI=1S/C26H36N2O3/c1-6-8-14-27-26(30)24(7-2)28(18-21-10-9-11-23(16-21)31-5)25(29)17-22-15-19(3)12-13-20(22)4/h9-13,15-16,24H,6-8,14,17-18H2,1-5H3,(H,27,30). The zero-order chi connectivity index (χ0) is 22.8. The minimum Gasteiger partial charge on any atom is -0.497 e. The average molecular weight is 425 g/mol. The number of methoxy groups -OCH3 is 1. The molecule has 0 saturated carbocycles. The summed E-state index contributed by atoms with van der Waals surface area (Å²) in [6, 6.07) is 13.3. The van der Waals surface area contributed by atoms with Gasteiger partial charge in [-0.25, -0.2) is 0 Å². The lowest BCUT2D eigenvalue weighted by atomic mass is 10.0. The number of amides is 2. The first-order chi connectivity index (χ1) is 14.9.